The van der Waals surface area contributed by atoms with Gasteiger partial charge in [0.25, 0.3) is 5.22 Å². The molecule has 2 nitrogen and oxygen atoms in total. The number of hydrogen-bond donors (Lipinski definition) is 1. The van der Waals surface area contributed by atoms with Crippen molar-refractivity contribution in [3.8, 4) is 0 Å². The minimum Gasteiger partial charge on any atom is -0.432 e. The minimum atomic E-state index is 0.367. The van der Waals surface area contributed by atoms with Crippen molar-refractivity contribution >= 4 is 35.3 Å². The third-order valence-electron chi connectivity index (χ3n) is 1.66. The van der Waals surface area contributed by atoms with E-state index in [9.17, 15) is 0 Å². The van der Waals surface area contributed by atoms with Crippen LogP contribution in [-0.2, 0) is 0 Å². The first-order chi connectivity index (χ1) is 5.66. The molecule has 0 saturated heterocycles. The maximum atomic E-state index is 5.89. The number of halogens is 1. The van der Waals surface area contributed by atoms with E-state index in [0.717, 1.165) is 16.7 Å². The lowest BCUT2D eigenvalue weighted by molar-refractivity contribution is 0.492. The van der Waals surface area contributed by atoms with Crippen molar-refractivity contribution in [3.05, 3.63) is 22.7 Å². The molecule has 4 heteroatoms. The molecule has 1 aromatic carbocycles. The summed E-state index contributed by atoms with van der Waals surface area (Å²) in [5.74, 6) is 0. The summed E-state index contributed by atoms with van der Waals surface area (Å²) in [5, 5.41) is 1.07. The highest BCUT2D eigenvalue weighted by Crippen LogP contribution is 2.24. The molecule has 0 spiro atoms. The third-order valence-corrected chi connectivity index (χ3v) is 2.26. The summed E-state index contributed by atoms with van der Waals surface area (Å²) < 4.78 is 5.20. The fourth-order valence-electron chi connectivity index (χ4n) is 1.04. The normalized spacial score (nSPS) is 10.9. The van der Waals surface area contributed by atoms with E-state index in [1.807, 2.05) is 13.0 Å². The first kappa shape index (κ1) is 7.95. The second-order valence-corrected chi connectivity index (χ2v) is 3.36. The molecule has 0 aliphatic rings. The number of fused-ring (bicyclic) bond motifs is 1. The summed E-state index contributed by atoms with van der Waals surface area (Å²) in [6.45, 7) is 1.92. The molecule has 0 fully saturated rings. The highest BCUT2D eigenvalue weighted by molar-refractivity contribution is 7.80. The molecule has 2 aromatic rings. The van der Waals surface area contributed by atoms with Gasteiger partial charge in [-0.1, -0.05) is 24.2 Å². The number of aryl methyl sites for hydroxylation is 1. The van der Waals surface area contributed by atoms with Crippen LogP contribution in [0.5, 0.6) is 0 Å². The lowest BCUT2D eigenvalue weighted by Crippen LogP contribution is -1.74. The summed E-state index contributed by atoms with van der Waals surface area (Å²) in [6, 6.07) is 3.62. The standard InChI is InChI=1S/C8H6ClNOS/c1-4-2-7-6(3-5(4)9)10-8(12)11-7/h2-3H,1H3,(H,10,12). The molecule has 2 rings (SSSR count). The van der Waals surface area contributed by atoms with E-state index in [1.54, 1.807) is 6.07 Å². The van der Waals surface area contributed by atoms with E-state index >= 15 is 0 Å². The lowest BCUT2D eigenvalue weighted by atomic mass is 10.2. The monoisotopic (exact) mass is 199 g/mol. The Kier molecular flexibility index (Phi) is 1.77. The van der Waals surface area contributed by atoms with Gasteiger partial charge in [0.1, 0.15) is 5.52 Å². The molecule has 0 aliphatic heterocycles. The van der Waals surface area contributed by atoms with Crippen molar-refractivity contribution in [2.24, 2.45) is 0 Å². The second-order valence-electron chi connectivity index (χ2n) is 2.57. The van der Waals surface area contributed by atoms with Crippen LogP contribution >= 0.6 is 24.2 Å². The molecule has 1 aromatic heterocycles. The van der Waals surface area contributed by atoms with Crippen molar-refractivity contribution in [1.82, 2.24) is 4.98 Å². The van der Waals surface area contributed by atoms with Gasteiger partial charge in [0.15, 0.2) is 5.58 Å². The van der Waals surface area contributed by atoms with Gasteiger partial charge in [-0.15, -0.1) is 0 Å². The van der Waals surface area contributed by atoms with Crippen LogP contribution < -0.4 is 0 Å². The summed E-state index contributed by atoms with van der Waals surface area (Å²) in [7, 11) is 0. The summed E-state index contributed by atoms with van der Waals surface area (Å²) in [6.07, 6.45) is 0. The van der Waals surface area contributed by atoms with Crippen molar-refractivity contribution in [1.29, 1.82) is 0 Å². The minimum absolute atomic E-state index is 0.367. The van der Waals surface area contributed by atoms with Crippen LogP contribution in [0.2, 0.25) is 5.02 Å². The van der Waals surface area contributed by atoms with Gasteiger partial charge < -0.3 is 4.42 Å². The summed E-state index contributed by atoms with van der Waals surface area (Å²) in [4.78, 5) is 4.03. The fraction of sp³-hybridized carbons (Fsp3) is 0.125. The van der Waals surface area contributed by atoms with Gasteiger partial charge >= 0.3 is 0 Å². The number of aromatic nitrogens is 1. The molecular weight excluding hydrogens is 194 g/mol. The maximum absolute atomic E-state index is 5.89. The topological polar surface area (TPSA) is 26.0 Å². The zero-order chi connectivity index (χ0) is 8.72. The molecule has 0 N–H and O–H groups in total. The van der Waals surface area contributed by atoms with Crippen molar-refractivity contribution < 1.29 is 4.42 Å². The fourth-order valence-corrected chi connectivity index (χ4v) is 1.40. The van der Waals surface area contributed by atoms with Gasteiger partial charge in [0.05, 0.1) is 0 Å². The molecule has 0 aliphatic carbocycles. The van der Waals surface area contributed by atoms with Crippen molar-refractivity contribution in [3.63, 3.8) is 0 Å². The third kappa shape index (κ3) is 1.19. The average molecular weight is 200 g/mol. The molecule has 1 heterocycles. The summed E-state index contributed by atoms with van der Waals surface area (Å²) >= 11 is 9.88. The molecule has 0 radical (unpaired) electrons. The van der Waals surface area contributed by atoms with E-state index in [2.05, 4.69) is 17.6 Å². The smallest absolute Gasteiger partial charge is 0.253 e. The number of hydrogen-bond acceptors (Lipinski definition) is 3. The van der Waals surface area contributed by atoms with Crippen LogP contribution in [0.15, 0.2) is 21.8 Å². The lowest BCUT2D eigenvalue weighted by Gasteiger charge is -1.93. The molecule has 0 saturated carbocycles. The maximum Gasteiger partial charge on any atom is 0.253 e. The number of benzene rings is 1. The zero-order valence-corrected chi connectivity index (χ0v) is 7.99. The van der Waals surface area contributed by atoms with Crippen LogP contribution in [0.1, 0.15) is 5.56 Å². The zero-order valence-electron chi connectivity index (χ0n) is 6.34. The van der Waals surface area contributed by atoms with E-state index in [1.165, 1.54) is 0 Å². The molecule has 12 heavy (non-hydrogen) atoms. The van der Waals surface area contributed by atoms with Gasteiger partial charge in [-0.3, -0.25) is 0 Å². The molecule has 0 unspecified atom stereocenters. The van der Waals surface area contributed by atoms with Crippen LogP contribution in [0.25, 0.3) is 11.1 Å². The Hall–Kier alpha value is -0.670. The average Bonchev–Trinajstić information content (AvgIpc) is 2.30. The Morgan fingerprint density at radius 1 is 1.50 bits per heavy atom. The first-order valence-corrected chi connectivity index (χ1v) is 4.25. The Balaban J connectivity index is 2.83. The number of thiol groups is 1. The van der Waals surface area contributed by atoms with E-state index in [-0.39, 0.29) is 0 Å². The molecule has 62 valence electrons. The van der Waals surface area contributed by atoms with Gasteiger partial charge in [-0.25, -0.2) is 4.98 Å². The van der Waals surface area contributed by atoms with Gasteiger partial charge in [-0.2, -0.15) is 0 Å². The predicted molar refractivity (Wildman–Crippen MR) is 51.0 cm³/mol. The molecule has 0 atom stereocenters. The van der Waals surface area contributed by atoms with Crippen LogP contribution in [0.4, 0.5) is 0 Å². The second kappa shape index (κ2) is 2.68. The van der Waals surface area contributed by atoms with Crippen molar-refractivity contribution in [2.75, 3.05) is 0 Å². The SMILES string of the molecule is Cc1cc2oc(S)nc2cc1Cl. The van der Waals surface area contributed by atoms with E-state index < -0.39 is 0 Å². The molecule has 0 amide bonds. The Morgan fingerprint density at radius 2 is 2.25 bits per heavy atom. The summed E-state index contributed by atoms with van der Waals surface area (Å²) in [5.41, 5.74) is 2.45. The van der Waals surface area contributed by atoms with Gasteiger partial charge in [0, 0.05) is 5.02 Å². The number of oxazole rings is 1. The number of nitrogens with zero attached hydrogens (tertiary/aromatic N) is 1. The van der Waals surface area contributed by atoms with Gasteiger partial charge in [0.2, 0.25) is 0 Å². The number of rotatable bonds is 0. The van der Waals surface area contributed by atoms with E-state index in [0.29, 0.717) is 10.2 Å². The Morgan fingerprint density at radius 3 is 3.00 bits per heavy atom. The first-order valence-electron chi connectivity index (χ1n) is 3.42. The largest absolute Gasteiger partial charge is 0.432 e. The Bertz CT molecular complexity index is 399. The predicted octanol–water partition coefficient (Wildman–Crippen LogP) is 3.08. The van der Waals surface area contributed by atoms with E-state index in [4.69, 9.17) is 16.0 Å². The van der Waals surface area contributed by atoms with Gasteiger partial charge in [-0.05, 0) is 24.6 Å². The van der Waals surface area contributed by atoms with Crippen LogP contribution in [0.3, 0.4) is 0 Å². The molecular formula is C8H6ClNOS. The van der Waals surface area contributed by atoms with Crippen molar-refractivity contribution in [2.45, 2.75) is 12.1 Å². The van der Waals surface area contributed by atoms with Crippen LogP contribution in [-0.4, -0.2) is 4.98 Å². The highest BCUT2D eigenvalue weighted by Gasteiger charge is 2.04. The Labute approximate surface area is 80.0 Å². The van der Waals surface area contributed by atoms with Crippen LogP contribution in [0, 0.1) is 6.92 Å². The quantitative estimate of drug-likeness (QED) is 0.660. The molecule has 0 bridgehead atoms. The highest BCUT2D eigenvalue weighted by atomic mass is 35.5.